The van der Waals surface area contributed by atoms with E-state index in [1.165, 1.54) is 12.8 Å². The molecule has 2 aromatic rings. The van der Waals surface area contributed by atoms with Gasteiger partial charge in [0.1, 0.15) is 5.75 Å². The average molecular weight is 496 g/mol. The van der Waals surface area contributed by atoms with E-state index in [0.29, 0.717) is 24.3 Å². The Bertz CT molecular complexity index is 753. The molecule has 0 spiro atoms. The highest BCUT2D eigenvalue weighted by Crippen LogP contribution is 2.33. The predicted molar refractivity (Wildman–Crippen MR) is 144 cm³/mol. The maximum Gasteiger partial charge on any atom is 0.118 e. The summed E-state index contributed by atoms with van der Waals surface area (Å²) in [5.74, 6) is 0.822. The van der Waals surface area contributed by atoms with Crippen LogP contribution in [0.2, 0.25) is 5.02 Å². The zero-order valence-electron chi connectivity index (χ0n) is 21.9. The van der Waals surface area contributed by atoms with Crippen molar-refractivity contribution in [2.45, 2.75) is 85.0 Å². The lowest BCUT2D eigenvalue weighted by molar-refractivity contribution is -0.113. The fourth-order valence-electron chi connectivity index (χ4n) is 3.42. The summed E-state index contributed by atoms with van der Waals surface area (Å²) in [5, 5.41) is 20.1. The maximum absolute atomic E-state index is 10.0. The van der Waals surface area contributed by atoms with Gasteiger partial charge in [-0.3, -0.25) is 0 Å². The molecule has 0 radical (unpaired) electrons. The van der Waals surface area contributed by atoms with Gasteiger partial charge in [0.25, 0.3) is 0 Å². The molecule has 3 unspecified atom stereocenters. The van der Waals surface area contributed by atoms with E-state index in [9.17, 15) is 10.2 Å². The van der Waals surface area contributed by atoms with Crippen molar-refractivity contribution in [2.24, 2.45) is 5.73 Å². The van der Waals surface area contributed by atoms with Crippen LogP contribution in [0.1, 0.15) is 83.1 Å². The Balaban J connectivity index is 0.00000106. The van der Waals surface area contributed by atoms with Crippen molar-refractivity contribution in [3.63, 3.8) is 0 Å². The van der Waals surface area contributed by atoms with Crippen LogP contribution in [-0.4, -0.2) is 42.7 Å². The number of aliphatic hydroxyl groups excluding tert-OH is 2. The lowest BCUT2D eigenvalue weighted by Crippen LogP contribution is -2.33. The number of hydrogen-bond acceptors (Lipinski definition) is 5. The second kappa shape index (κ2) is 19.7. The van der Waals surface area contributed by atoms with Crippen molar-refractivity contribution < 1.29 is 19.7 Å². The molecule has 4 N–H and O–H groups in total. The minimum Gasteiger partial charge on any atom is -0.497 e. The van der Waals surface area contributed by atoms with E-state index in [2.05, 4.69) is 6.92 Å². The van der Waals surface area contributed by atoms with Crippen molar-refractivity contribution in [3.8, 4) is 5.75 Å². The molecule has 194 valence electrons. The summed E-state index contributed by atoms with van der Waals surface area (Å²) in [6.07, 6.45) is 3.07. The van der Waals surface area contributed by atoms with Crippen LogP contribution < -0.4 is 10.5 Å². The summed E-state index contributed by atoms with van der Waals surface area (Å²) < 4.78 is 11.1. The first-order chi connectivity index (χ1) is 16.5. The van der Waals surface area contributed by atoms with Gasteiger partial charge >= 0.3 is 0 Å². The molecule has 3 rings (SSSR count). The summed E-state index contributed by atoms with van der Waals surface area (Å²) >= 11 is 6.37. The van der Waals surface area contributed by atoms with Crippen molar-refractivity contribution >= 4 is 11.6 Å². The smallest absolute Gasteiger partial charge is 0.118 e. The van der Waals surface area contributed by atoms with Crippen LogP contribution in [0.15, 0.2) is 42.5 Å². The van der Waals surface area contributed by atoms with Gasteiger partial charge in [-0.05, 0) is 54.3 Å². The van der Waals surface area contributed by atoms with E-state index in [1.54, 1.807) is 7.11 Å². The number of methoxy groups -OCH3 is 1. The van der Waals surface area contributed by atoms with Crippen LogP contribution in [0, 0.1) is 0 Å². The molecule has 2 aromatic carbocycles. The SMILES string of the molecule is CC.CC.CCCCN.COc1ccc(Cc2cc(C3CC(O)CC(CO)O3)ccc2Cl)cc1. The number of aliphatic hydroxyl groups is 2. The van der Waals surface area contributed by atoms with E-state index >= 15 is 0 Å². The molecule has 1 aliphatic rings. The zero-order chi connectivity index (χ0) is 25.9. The van der Waals surface area contributed by atoms with Gasteiger partial charge in [-0.2, -0.15) is 0 Å². The van der Waals surface area contributed by atoms with Crippen LogP contribution in [-0.2, 0) is 11.2 Å². The summed E-state index contributed by atoms with van der Waals surface area (Å²) in [7, 11) is 1.65. The van der Waals surface area contributed by atoms with Crippen molar-refractivity contribution in [1.82, 2.24) is 0 Å². The Kier molecular flexibility index (Phi) is 18.7. The molecule has 6 heteroatoms. The lowest BCUT2D eigenvalue weighted by atomic mass is 9.94. The van der Waals surface area contributed by atoms with Gasteiger partial charge in [0.05, 0.1) is 32.0 Å². The summed E-state index contributed by atoms with van der Waals surface area (Å²) in [6.45, 7) is 10.9. The number of halogens is 1. The minimum atomic E-state index is -0.461. The molecule has 5 nitrogen and oxygen atoms in total. The van der Waals surface area contributed by atoms with Crippen molar-refractivity contribution in [2.75, 3.05) is 20.3 Å². The molecule has 0 amide bonds. The quantitative estimate of drug-likeness (QED) is 0.419. The standard InChI is InChI=1S/C20H23ClO4.C4H11N.2C2H6/c1-24-17-5-2-13(3-6-17)8-15-9-14(4-7-19(15)21)20-11-16(23)10-18(12-22)25-20;1-2-3-4-5;2*1-2/h2-7,9,16,18,20,22-23H,8,10-12H2,1H3;2-5H2,1H3;2*1-2H3. The monoisotopic (exact) mass is 495 g/mol. The van der Waals surface area contributed by atoms with Gasteiger partial charge < -0.3 is 25.4 Å². The van der Waals surface area contributed by atoms with E-state index in [-0.39, 0.29) is 18.8 Å². The van der Waals surface area contributed by atoms with Crippen LogP contribution >= 0.6 is 11.6 Å². The molecule has 1 saturated heterocycles. The lowest BCUT2D eigenvalue weighted by Gasteiger charge is -2.32. The number of nitrogens with two attached hydrogens (primary N) is 1. The van der Waals surface area contributed by atoms with Gasteiger partial charge in [0, 0.05) is 17.9 Å². The number of benzene rings is 2. The number of ether oxygens (including phenoxy) is 2. The Morgan fingerprint density at radius 3 is 2.21 bits per heavy atom. The molecule has 0 aliphatic carbocycles. The summed E-state index contributed by atoms with van der Waals surface area (Å²) in [4.78, 5) is 0. The molecule has 34 heavy (non-hydrogen) atoms. The molecule has 0 bridgehead atoms. The highest BCUT2D eigenvalue weighted by atomic mass is 35.5. The van der Waals surface area contributed by atoms with Gasteiger partial charge in [-0.1, -0.05) is 76.9 Å². The molecule has 1 heterocycles. The Labute approximate surface area is 212 Å². The Hall–Kier alpha value is -1.63. The normalized spacial score (nSPS) is 18.8. The second-order valence-corrected chi connectivity index (χ2v) is 7.98. The second-order valence-electron chi connectivity index (χ2n) is 7.57. The molecule has 1 aliphatic heterocycles. The van der Waals surface area contributed by atoms with Crippen LogP contribution in [0.4, 0.5) is 0 Å². The first kappa shape index (κ1) is 32.4. The topological polar surface area (TPSA) is 84.9 Å². The highest BCUT2D eigenvalue weighted by Gasteiger charge is 2.29. The summed E-state index contributed by atoms with van der Waals surface area (Å²) in [6, 6.07) is 13.7. The van der Waals surface area contributed by atoms with Crippen LogP contribution in [0.3, 0.4) is 0 Å². The van der Waals surface area contributed by atoms with Gasteiger partial charge in [0.15, 0.2) is 0 Å². The van der Waals surface area contributed by atoms with E-state index in [0.717, 1.165) is 29.0 Å². The average Bonchev–Trinajstić information content (AvgIpc) is 2.88. The molecule has 3 atom stereocenters. The molecule has 0 saturated carbocycles. The molecular weight excluding hydrogens is 450 g/mol. The molecule has 0 aromatic heterocycles. The minimum absolute atomic E-state index is 0.0835. The third-order valence-corrected chi connectivity index (χ3v) is 5.50. The third-order valence-electron chi connectivity index (χ3n) is 5.13. The maximum atomic E-state index is 10.0. The zero-order valence-corrected chi connectivity index (χ0v) is 22.6. The number of rotatable bonds is 7. The summed E-state index contributed by atoms with van der Waals surface area (Å²) in [5.41, 5.74) is 8.26. The van der Waals surface area contributed by atoms with Crippen LogP contribution in [0.25, 0.3) is 0 Å². The molecular formula is C28H46ClNO4. The fourth-order valence-corrected chi connectivity index (χ4v) is 3.60. The van der Waals surface area contributed by atoms with E-state index in [4.69, 9.17) is 26.8 Å². The third kappa shape index (κ3) is 11.7. The largest absolute Gasteiger partial charge is 0.497 e. The molecule has 1 fully saturated rings. The highest BCUT2D eigenvalue weighted by molar-refractivity contribution is 6.31. The van der Waals surface area contributed by atoms with Gasteiger partial charge in [-0.25, -0.2) is 0 Å². The number of hydrogen-bond donors (Lipinski definition) is 3. The Morgan fingerprint density at radius 2 is 1.71 bits per heavy atom. The van der Waals surface area contributed by atoms with Gasteiger partial charge in [-0.15, -0.1) is 0 Å². The Morgan fingerprint density at radius 1 is 1.06 bits per heavy atom. The van der Waals surface area contributed by atoms with Gasteiger partial charge in [0.2, 0.25) is 0 Å². The first-order valence-corrected chi connectivity index (χ1v) is 12.9. The van der Waals surface area contributed by atoms with Crippen molar-refractivity contribution in [1.29, 1.82) is 0 Å². The fraction of sp³-hybridized carbons (Fsp3) is 0.571. The first-order valence-electron chi connectivity index (χ1n) is 12.6. The van der Waals surface area contributed by atoms with Crippen molar-refractivity contribution in [3.05, 3.63) is 64.2 Å². The predicted octanol–water partition coefficient (Wildman–Crippen LogP) is 6.31. The number of unbranched alkanes of at least 4 members (excludes halogenated alkanes) is 1. The van der Waals surface area contributed by atoms with E-state index < -0.39 is 6.10 Å². The van der Waals surface area contributed by atoms with E-state index in [1.807, 2.05) is 70.2 Å². The van der Waals surface area contributed by atoms with Crippen LogP contribution in [0.5, 0.6) is 5.75 Å².